The normalized spacial score (nSPS) is 25.4. The van der Waals surface area contributed by atoms with Gasteiger partial charge in [-0.15, -0.1) is 0 Å². The molecule has 114 valence electrons. The van der Waals surface area contributed by atoms with Crippen molar-refractivity contribution in [2.45, 2.75) is 38.1 Å². The highest BCUT2D eigenvalue weighted by Gasteiger charge is 2.38. The average Bonchev–Trinajstić information content (AvgIpc) is 2.37. The maximum Gasteiger partial charge on any atom is 0.339 e. The van der Waals surface area contributed by atoms with Gasteiger partial charge >= 0.3 is 5.97 Å². The van der Waals surface area contributed by atoms with Crippen LogP contribution in [0.25, 0.3) is 0 Å². The van der Waals surface area contributed by atoms with Gasteiger partial charge in [0.1, 0.15) is 5.56 Å². The van der Waals surface area contributed by atoms with E-state index in [1.165, 1.54) is 12.1 Å². The maximum atomic E-state index is 12.4. The Hall–Kier alpha value is -1.59. The SMILES string of the molecule is CC1CCCC(N)(C(=O)Nc2cccc(Cl)c2C(=O)O)C1. The predicted octanol–water partition coefficient (Wildman–Crippen LogP) is 2.88. The zero-order valence-electron chi connectivity index (χ0n) is 11.9. The van der Waals surface area contributed by atoms with Crippen molar-refractivity contribution in [1.82, 2.24) is 0 Å². The molecule has 2 atom stereocenters. The van der Waals surface area contributed by atoms with Gasteiger partial charge in [0.15, 0.2) is 0 Å². The third-order valence-corrected chi connectivity index (χ3v) is 4.28. The number of carboxylic acids is 1. The van der Waals surface area contributed by atoms with Crippen molar-refractivity contribution in [3.8, 4) is 0 Å². The summed E-state index contributed by atoms with van der Waals surface area (Å²) in [5.74, 6) is -1.15. The highest BCUT2D eigenvalue weighted by atomic mass is 35.5. The molecule has 0 bridgehead atoms. The lowest BCUT2D eigenvalue weighted by atomic mass is 9.76. The minimum Gasteiger partial charge on any atom is -0.478 e. The molecule has 0 heterocycles. The quantitative estimate of drug-likeness (QED) is 0.800. The Bertz CT molecular complexity index is 576. The first kappa shape index (κ1) is 15.8. The monoisotopic (exact) mass is 310 g/mol. The van der Waals surface area contributed by atoms with E-state index in [9.17, 15) is 14.7 Å². The second kappa shape index (κ2) is 6.03. The fourth-order valence-corrected chi connectivity index (χ4v) is 3.15. The number of benzene rings is 1. The van der Waals surface area contributed by atoms with Crippen LogP contribution in [0.15, 0.2) is 18.2 Å². The Kier molecular flexibility index (Phi) is 4.54. The molecule has 0 aromatic heterocycles. The number of nitrogens with one attached hydrogen (secondary N) is 1. The predicted molar refractivity (Wildman–Crippen MR) is 81.6 cm³/mol. The number of aromatic carboxylic acids is 1. The number of halogens is 1. The topological polar surface area (TPSA) is 92.4 Å². The first-order valence-corrected chi connectivity index (χ1v) is 7.33. The fourth-order valence-electron chi connectivity index (χ4n) is 2.89. The Morgan fingerprint density at radius 3 is 2.81 bits per heavy atom. The summed E-state index contributed by atoms with van der Waals surface area (Å²) in [6.45, 7) is 2.07. The summed E-state index contributed by atoms with van der Waals surface area (Å²) in [4.78, 5) is 23.7. The molecule has 1 amide bonds. The van der Waals surface area contributed by atoms with E-state index in [-0.39, 0.29) is 22.2 Å². The van der Waals surface area contributed by atoms with Gasteiger partial charge in [0.05, 0.1) is 16.2 Å². The van der Waals surface area contributed by atoms with Crippen LogP contribution in [-0.4, -0.2) is 22.5 Å². The van der Waals surface area contributed by atoms with Crippen molar-refractivity contribution < 1.29 is 14.7 Å². The molecular formula is C15H19ClN2O3. The second-order valence-corrected chi connectivity index (χ2v) is 6.19. The Morgan fingerprint density at radius 2 is 2.19 bits per heavy atom. The average molecular weight is 311 g/mol. The van der Waals surface area contributed by atoms with Crippen LogP contribution in [-0.2, 0) is 4.79 Å². The second-order valence-electron chi connectivity index (χ2n) is 5.78. The number of anilines is 1. The molecule has 2 rings (SSSR count). The molecule has 6 heteroatoms. The van der Waals surface area contributed by atoms with E-state index in [1.807, 2.05) is 0 Å². The minimum atomic E-state index is -1.18. The highest BCUT2D eigenvalue weighted by Crippen LogP contribution is 2.32. The van der Waals surface area contributed by atoms with Gasteiger partial charge in [0.2, 0.25) is 5.91 Å². The van der Waals surface area contributed by atoms with Gasteiger partial charge in [-0.3, -0.25) is 4.79 Å². The molecule has 21 heavy (non-hydrogen) atoms. The summed E-state index contributed by atoms with van der Waals surface area (Å²) in [6, 6.07) is 4.58. The van der Waals surface area contributed by atoms with Crippen molar-refractivity contribution in [3.63, 3.8) is 0 Å². The van der Waals surface area contributed by atoms with Crippen molar-refractivity contribution >= 4 is 29.2 Å². The summed E-state index contributed by atoms with van der Waals surface area (Å²) in [5.41, 5.74) is 5.34. The zero-order chi connectivity index (χ0) is 15.6. The molecule has 2 unspecified atom stereocenters. The van der Waals surface area contributed by atoms with Gasteiger partial charge in [-0.1, -0.05) is 37.4 Å². The van der Waals surface area contributed by atoms with Crippen molar-refractivity contribution in [1.29, 1.82) is 0 Å². The summed E-state index contributed by atoms with van der Waals surface area (Å²) < 4.78 is 0. The number of carboxylic acid groups (broad SMARTS) is 1. The van der Waals surface area contributed by atoms with Crippen molar-refractivity contribution in [3.05, 3.63) is 28.8 Å². The van der Waals surface area contributed by atoms with E-state index in [1.54, 1.807) is 6.07 Å². The highest BCUT2D eigenvalue weighted by molar-refractivity contribution is 6.34. The van der Waals surface area contributed by atoms with Gasteiger partial charge in [0.25, 0.3) is 0 Å². The Morgan fingerprint density at radius 1 is 1.48 bits per heavy atom. The lowest BCUT2D eigenvalue weighted by Gasteiger charge is -2.35. The molecule has 1 aliphatic carbocycles. The summed E-state index contributed by atoms with van der Waals surface area (Å²) in [6.07, 6.45) is 3.16. The molecule has 0 radical (unpaired) electrons. The number of rotatable bonds is 3. The van der Waals surface area contributed by atoms with Crippen LogP contribution in [0.4, 0.5) is 5.69 Å². The standard InChI is InChI=1S/C15H19ClN2O3/c1-9-4-3-7-15(17,8-9)14(21)18-11-6-2-5-10(16)12(11)13(19)20/h2,5-6,9H,3-4,7-8,17H2,1H3,(H,18,21)(H,19,20). The molecule has 4 N–H and O–H groups in total. The van der Waals surface area contributed by atoms with E-state index >= 15 is 0 Å². The first-order valence-electron chi connectivity index (χ1n) is 6.95. The van der Waals surface area contributed by atoms with Crippen molar-refractivity contribution in [2.75, 3.05) is 5.32 Å². The smallest absolute Gasteiger partial charge is 0.339 e. The Labute approximate surface area is 128 Å². The molecule has 1 aromatic rings. The lowest BCUT2D eigenvalue weighted by molar-refractivity contribution is -0.122. The van der Waals surface area contributed by atoms with Crippen LogP contribution in [0.3, 0.4) is 0 Å². The molecule has 0 spiro atoms. The van der Waals surface area contributed by atoms with Crippen LogP contribution in [0.1, 0.15) is 43.0 Å². The largest absolute Gasteiger partial charge is 0.478 e. The molecule has 0 saturated heterocycles. The van der Waals surface area contributed by atoms with E-state index in [0.717, 1.165) is 12.8 Å². The molecular weight excluding hydrogens is 292 g/mol. The van der Waals surface area contributed by atoms with Crippen LogP contribution in [0.2, 0.25) is 5.02 Å². The molecule has 1 aliphatic rings. The number of carbonyl (C=O) groups excluding carboxylic acids is 1. The van der Waals surface area contributed by atoms with Gasteiger partial charge in [-0.05, 0) is 30.9 Å². The van der Waals surface area contributed by atoms with E-state index in [2.05, 4.69) is 12.2 Å². The summed E-state index contributed by atoms with van der Waals surface area (Å²) in [5, 5.41) is 11.9. The lowest BCUT2D eigenvalue weighted by Crippen LogP contribution is -2.53. The molecule has 0 aliphatic heterocycles. The number of nitrogens with two attached hydrogens (primary N) is 1. The number of hydrogen-bond donors (Lipinski definition) is 3. The minimum absolute atomic E-state index is 0.0865. The summed E-state index contributed by atoms with van der Waals surface area (Å²) in [7, 11) is 0. The third kappa shape index (κ3) is 3.36. The Balaban J connectivity index is 2.24. The van der Waals surface area contributed by atoms with E-state index in [0.29, 0.717) is 18.8 Å². The van der Waals surface area contributed by atoms with E-state index in [4.69, 9.17) is 17.3 Å². The molecule has 1 fully saturated rings. The molecule has 1 saturated carbocycles. The molecule has 5 nitrogen and oxygen atoms in total. The fraction of sp³-hybridized carbons (Fsp3) is 0.467. The zero-order valence-corrected chi connectivity index (χ0v) is 12.6. The number of amides is 1. The third-order valence-electron chi connectivity index (χ3n) is 3.96. The first-order chi connectivity index (χ1) is 9.83. The van der Waals surface area contributed by atoms with Gasteiger partial charge in [0, 0.05) is 0 Å². The molecule has 1 aromatic carbocycles. The van der Waals surface area contributed by atoms with Crippen LogP contribution >= 0.6 is 11.6 Å². The maximum absolute atomic E-state index is 12.4. The summed E-state index contributed by atoms with van der Waals surface area (Å²) >= 11 is 5.89. The van der Waals surface area contributed by atoms with Crippen molar-refractivity contribution in [2.24, 2.45) is 11.7 Å². The van der Waals surface area contributed by atoms with Crippen LogP contribution < -0.4 is 11.1 Å². The van der Waals surface area contributed by atoms with Crippen LogP contribution in [0.5, 0.6) is 0 Å². The van der Waals surface area contributed by atoms with E-state index < -0.39 is 11.5 Å². The van der Waals surface area contributed by atoms with Crippen LogP contribution in [0, 0.1) is 5.92 Å². The van der Waals surface area contributed by atoms with Gasteiger partial charge < -0.3 is 16.2 Å². The number of hydrogen-bond acceptors (Lipinski definition) is 3. The van der Waals surface area contributed by atoms with Gasteiger partial charge in [-0.2, -0.15) is 0 Å². The number of carbonyl (C=O) groups is 2. The van der Waals surface area contributed by atoms with Gasteiger partial charge in [-0.25, -0.2) is 4.79 Å².